The van der Waals surface area contributed by atoms with Gasteiger partial charge in [-0.05, 0) is 0 Å². The Morgan fingerprint density at radius 2 is 1.10 bits per heavy atom. The molecule has 1 fully saturated rings. The van der Waals surface area contributed by atoms with Crippen LogP contribution in [0.1, 0.15) is 12.8 Å². The van der Waals surface area contributed by atoms with Crippen LogP contribution in [0, 0.1) is 0 Å². The summed E-state index contributed by atoms with van der Waals surface area (Å²) in [4.78, 5) is 61.7. The van der Waals surface area contributed by atoms with Gasteiger partial charge in [0.05, 0.1) is 12.8 Å². The molecule has 6 N–H and O–H groups in total. The topological polar surface area (TPSA) is 181 Å². The Hall–Kier alpha value is -2.28. The highest BCUT2D eigenvalue weighted by Gasteiger charge is 2.25. The molecule has 1 heterocycles. The molecule has 0 aromatic rings. The van der Waals surface area contributed by atoms with Crippen LogP contribution in [0.15, 0.2) is 0 Å². The van der Waals surface area contributed by atoms with Crippen LogP contribution in [0.5, 0.6) is 0 Å². The van der Waals surface area contributed by atoms with Crippen molar-refractivity contribution in [3.05, 3.63) is 0 Å². The summed E-state index contributed by atoms with van der Waals surface area (Å²) in [5, 5.41) is 0. The lowest BCUT2D eigenvalue weighted by Crippen LogP contribution is -2.43. The first-order chi connectivity index (χ1) is 9.40. The van der Waals surface area contributed by atoms with E-state index in [9.17, 15) is 19.2 Å². The maximum atomic E-state index is 11.2. The molecular formula is C8H12N4O8. The number of nitrogens with two attached hydrogens (primary N) is 2. The first kappa shape index (κ1) is 15.8. The molecule has 0 spiro atoms. The minimum absolute atomic E-state index is 0.571. The molecule has 0 aliphatic carbocycles. The molecule has 20 heavy (non-hydrogen) atoms. The molecular weight excluding hydrogens is 280 g/mol. The van der Waals surface area contributed by atoms with Gasteiger partial charge in [0.2, 0.25) is 0 Å². The molecule has 1 rings (SSSR count). The van der Waals surface area contributed by atoms with Crippen LogP contribution >= 0.6 is 0 Å². The summed E-state index contributed by atoms with van der Waals surface area (Å²) >= 11 is 0. The van der Waals surface area contributed by atoms with Crippen molar-refractivity contribution in [2.45, 2.75) is 24.9 Å². The monoisotopic (exact) mass is 292 g/mol. The third-order valence-corrected chi connectivity index (χ3v) is 1.97. The van der Waals surface area contributed by atoms with Gasteiger partial charge in [0.1, 0.15) is 12.1 Å². The largest absolute Gasteiger partial charge is 0.346 e. The number of nitrogens with one attached hydrogen (secondary N) is 2. The first-order valence-electron chi connectivity index (χ1n) is 5.22. The van der Waals surface area contributed by atoms with Gasteiger partial charge in [-0.1, -0.05) is 0 Å². The number of carbonyl (C=O) groups excluding carboxylic acids is 4. The van der Waals surface area contributed by atoms with Crippen LogP contribution in [0.25, 0.3) is 0 Å². The van der Waals surface area contributed by atoms with Gasteiger partial charge >= 0.3 is 23.9 Å². The highest BCUT2D eigenvalue weighted by Crippen LogP contribution is 1.97. The minimum atomic E-state index is -1.39. The predicted molar refractivity (Wildman–Crippen MR) is 55.8 cm³/mol. The van der Waals surface area contributed by atoms with E-state index in [0.717, 1.165) is 0 Å². The van der Waals surface area contributed by atoms with E-state index < -0.39 is 48.8 Å². The van der Waals surface area contributed by atoms with Crippen molar-refractivity contribution in [3.63, 3.8) is 0 Å². The molecule has 0 saturated carbocycles. The van der Waals surface area contributed by atoms with Crippen LogP contribution in [-0.4, -0.2) is 36.0 Å². The summed E-state index contributed by atoms with van der Waals surface area (Å²) in [7, 11) is 0. The van der Waals surface area contributed by atoms with Crippen LogP contribution in [-0.2, 0) is 38.5 Å². The van der Waals surface area contributed by atoms with Gasteiger partial charge in [0.25, 0.3) is 0 Å². The van der Waals surface area contributed by atoms with E-state index in [1.165, 1.54) is 0 Å². The maximum Gasteiger partial charge on any atom is 0.346 e. The second-order valence-electron chi connectivity index (χ2n) is 3.58. The summed E-state index contributed by atoms with van der Waals surface area (Å²) in [5.41, 5.74) is 13.7. The molecule has 1 aliphatic rings. The Morgan fingerprint density at radius 1 is 0.750 bits per heavy atom. The number of rotatable bonds is 0. The Labute approximate surface area is 111 Å². The maximum absolute atomic E-state index is 11.2. The molecule has 12 heteroatoms. The lowest BCUT2D eigenvalue weighted by atomic mass is 10.2. The molecule has 1 saturated heterocycles. The van der Waals surface area contributed by atoms with Crippen molar-refractivity contribution in [3.8, 4) is 0 Å². The molecule has 0 radical (unpaired) electrons. The normalized spacial score (nSPS) is 26.7. The molecule has 0 amide bonds. The fraction of sp³-hybridized carbons (Fsp3) is 0.500. The van der Waals surface area contributed by atoms with Crippen LogP contribution in [0.3, 0.4) is 0 Å². The summed E-state index contributed by atoms with van der Waals surface area (Å²) in [6, 6.07) is -2.77. The smallest absolute Gasteiger partial charge is 0.335 e. The zero-order valence-corrected chi connectivity index (χ0v) is 9.99. The Morgan fingerprint density at radius 3 is 1.50 bits per heavy atom. The minimum Gasteiger partial charge on any atom is -0.335 e. The molecule has 2 unspecified atom stereocenters. The molecule has 2 atom stereocenters. The summed E-state index contributed by atoms with van der Waals surface area (Å²) in [6.07, 6.45) is -1.14. The second-order valence-corrected chi connectivity index (χ2v) is 3.58. The lowest BCUT2D eigenvalue weighted by molar-refractivity contribution is -0.209. The lowest BCUT2D eigenvalue weighted by Gasteiger charge is -2.14. The standard InChI is InChI=1S/C8H12N4O8/c9-3-1-5(13)17-11-18-6(14)2-4(10)8(16)20-12-19-7(3)15/h3-4,11-12H,1-2,9-10H2. The van der Waals surface area contributed by atoms with E-state index in [2.05, 4.69) is 19.4 Å². The highest BCUT2D eigenvalue weighted by molar-refractivity contribution is 5.83. The van der Waals surface area contributed by atoms with Gasteiger partial charge in [-0.15, -0.1) is 0 Å². The third kappa shape index (κ3) is 5.15. The van der Waals surface area contributed by atoms with Gasteiger partial charge in [-0.3, -0.25) is 9.59 Å². The zero-order chi connectivity index (χ0) is 15.1. The van der Waals surface area contributed by atoms with E-state index in [1.807, 2.05) is 0 Å². The third-order valence-electron chi connectivity index (χ3n) is 1.97. The van der Waals surface area contributed by atoms with Crippen molar-refractivity contribution in [2.24, 2.45) is 11.5 Å². The van der Waals surface area contributed by atoms with Crippen molar-refractivity contribution in [1.29, 1.82) is 0 Å². The zero-order valence-electron chi connectivity index (χ0n) is 9.99. The average Bonchev–Trinajstić information content (AvgIpc) is 2.37. The van der Waals surface area contributed by atoms with Crippen LogP contribution < -0.4 is 22.8 Å². The quantitative estimate of drug-likeness (QED) is 0.345. The molecule has 0 aromatic carbocycles. The molecule has 12 nitrogen and oxygen atoms in total. The number of carbonyl (C=O) groups is 4. The van der Waals surface area contributed by atoms with Gasteiger partial charge in [0.15, 0.2) is 0 Å². The van der Waals surface area contributed by atoms with E-state index in [0.29, 0.717) is 0 Å². The molecule has 1 aliphatic heterocycles. The Bertz CT molecular complexity index is 377. The van der Waals surface area contributed by atoms with Gasteiger partial charge in [-0.2, -0.15) is 0 Å². The average molecular weight is 292 g/mol. The fourth-order valence-corrected chi connectivity index (χ4v) is 0.977. The van der Waals surface area contributed by atoms with Gasteiger partial charge < -0.3 is 30.8 Å². The van der Waals surface area contributed by atoms with Crippen molar-refractivity contribution in [1.82, 2.24) is 11.3 Å². The summed E-state index contributed by atoms with van der Waals surface area (Å²) in [5.74, 6) is -4.14. The molecule has 0 bridgehead atoms. The number of hydrogen-bond acceptors (Lipinski definition) is 12. The van der Waals surface area contributed by atoms with Crippen LogP contribution in [0.4, 0.5) is 0 Å². The van der Waals surface area contributed by atoms with E-state index in [4.69, 9.17) is 11.5 Å². The van der Waals surface area contributed by atoms with E-state index in [-0.39, 0.29) is 0 Å². The van der Waals surface area contributed by atoms with E-state index >= 15 is 0 Å². The first-order valence-corrected chi connectivity index (χ1v) is 5.22. The van der Waals surface area contributed by atoms with Gasteiger partial charge in [0, 0.05) is 11.3 Å². The number of hydrogen-bond donors (Lipinski definition) is 4. The summed E-state index contributed by atoms with van der Waals surface area (Å²) in [6.45, 7) is 0. The Kier molecular flexibility index (Phi) is 5.79. The fourth-order valence-electron chi connectivity index (χ4n) is 0.977. The Balaban J connectivity index is 2.65. The van der Waals surface area contributed by atoms with Gasteiger partial charge in [-0.25, -0.2) is 9.59 Å². The van der Waals surface area contributed by atoms with Crippen molar-refractivity contribution >= 4 is 23.9 Å². The second kappa shape index (κ2) is 7.34. The van der Waals surface area contributed by atoms with E-state index in [1.54, 1.807) is 11.3 Å². The molecule has 0 aromatic heterocycles. The van der Waals surface area contributed by atoms with Crippen LogP contribution in [0.2, 0.25) is 0 Å². The highest BCUT2D eigenvalue weighted by atomic mass is 16.9. The summed E-state index contributed by atoms with van der Waals surface area (Å²) < 4.78 is 0. The van der Waals surface area contributed by atoms with Crippen molar-refractivity contribution in [2.75, 3.05) is 0 Å². The predicted octanol–water partition coefficient (Wildman–Crippen LogP) is -3.55. The molecule has 112 valence electrons. The SMILES string of the molecule is NC1CC(=O)ONOC(=O)CC(N)C(=O)ONOC1=O. The van der Waals surface area contributed by atoms with Crippen molar-refractivity contribution < 1.29 is 38.5 Å².